The average molecular weight is 412 g/mol. The summed E-state index contributed by atoms with van der Waals surface area (Å²) in [4.78, 5) is 14.3. The van der Waals surface area contributed by atoms with E-state index in [0.717, 1.165) is 11.3 Å². The summed E-state index contributed by atoms with van der Waals surface area (Å²) < 4.78 is 39.7. The molecule has 2 fully saturated rings. The van der Waals surface area contributed by atoms with Crippen LogP contribution in [0, 0.1) is 0 Å². The van der Waals surface area contributed by atoms with Crippen molar-refractivity contribution in [1.82, 2.24) is 13.5 Å². The van der Waals surface area contributed by atoms with Crippen LogP contribution >= 0.6 is 0 Å². The average Bonchev–Trinajstić information content (AvgIpc) is 2.67. The topological polar surface area (TPSA) is 79.4 Å². The van der Waals surface area contributed by atoms with Crippen LogP contribution in [0.4, 0.5) is 0 Å². The first-order valence-corrected chi connectivity index (χ1v) is 11.0. The smallest absolute Gasteiger partial charge is 0.282 e. The van der Waals surface area contributed by atoms with Gasteiger partial charge in [0.15, 0.2) is 0 Å². The van der Waals surface area contributed by atoms with Gasteiger partial charge in [-0.05, 0) is 31.5 Å². The van der Waals surface area contributed by atoms with E-state index >= 15 is 0 Å². The maximum Gasteiger partial charge on any atom is 0.282 e. The molecule has 1 amide bonds. The Hall–Kier alpha value is -1.68. The Morgan fingerprint density at radius 2 is 1.75 bits per heavy atom. The number of hydrogen-bond donors (Lipinski definition) is 0. The van der Waals surface area contributed by atoms with Crippen molar-refractivity contribution in [2.24, 2.45) is 0 Å². The fourth-order valence-corrected chi connectivity index (χ4v) is 5.47. The van der Waals surface area contributed by atoms with E-state index in [4.69, 9.17) is 9.47 Å². The van der Waals surface area contributed by atoms with E-state index in [2.05, 4.69) is 0 Å². The number of piperazine rings is 1. The second kappa shape index (κ2) is 8.77. The molecule has 8 nitrogen and oxygen atoms in total. The van der Waals surface area contributed by atoms with Crippen molar-refractivity contribution in [1.29, 1.82) is 0 Å². The molecule has 0 N–H and O–H groups in total. The van der Waals surface area contributed by atoms with Gasteiger partial charge in [0.2, 0.25) is 5.91 Å². The van der Waals surface area contributed by atoms with Crippen molar-refractivity contribution in [2.45, 2.75) is 32.5 Å². The number of carbonyl (C=O) groups is 1. The summed E-state index contributed by atoms with van der Waals surface area (Å²) in [7, 11) is -1.94. The molecular weight excluding hydrogens is 382 g/mol. The molecule has 1 aromatic carbocycles. The van der Waals surface area contributed by atoms with Crippen LogP contribution in [0.1, 0.15) is 19.4 Å². The number of benzene rings is 1. The molecular formula is C19H29N3O5S. The Labute approximate surface area is 167 Å². The zero-order valence-corrected chi connectivity index (χ0v) is 17.5. The van der Waals surface area contributed by atoms with Gasteiger partial charge in [-0.1, -0.05) is 12.1 Å². The number of ether oxygens (including phenoxy) is 2. The lowest BCUT2D eigenvalue weighted by Gasteiger charge is -2.40. The molecule has 2 aliphatic rings. The first-order valence-electron chi connectivity index (χ1n) is 9.61. The first-order chi connectivity index (χ1) is 13.3. The minimum absolute atomic E-state index is 0.00100. The van der Waals surface area contributed by atoms with Crippen LogP contribution in [-0.2, 0) is 26.2 Å². The predicted molar refractivity (Wildman–Crippen MR) is 105 cm³/mol. The lowest BCUT2D eigenvalue weighted by atomic mass is 10.1. The molecule has 3 rings (SSSR count). The summed E-state index contributed by atoms with van der Waals surface area (Å²) in [6.07, 6.45) is 0.0381. The second-order valence-corrected chi connectivity index (χ2v) is 9.32. The largest absolute Gasteiger partial charge is 0.497 e. The van der Waals surface area contributed by atoms with Gasteiger partial charge in [-0.25, -0.2) is 0 Å². The summed E-state index contributed by atoms with van der Waals surface area (Å²) in [5.74, 6) is 0.717. The van der Waals surface area contributed by atoms with Gasteiger partial charge in [0, 0.05) is 39.3 Å². The Kier molecular flexibility index (Phi) is 6.59. The summed E-state index contributed by atoms with van der Waals surface area (Å²) in [6.45, 7) is 5.91. The maximum atomic E-state index is 12.9. The maximum absolute atomic E-state index is 12.9. The van der Waals surface area contributed by atoms with Gasteiger partial charge in [0.05, 0.1) is 25.7 Å². The van der Waals surface area contributed by atoms with E-state index in [0.29, 0.717) is 39.3 Å². The highest BCUT2D eigenvalue weighted by atomic mass is 32.2. The van der Waals surface area contributed by atoms with Crippen molar-refractivity contribution in [3.63, 3.8) is 0 Å². The third-order valence-corrected chi connectivity index (χ3v) is 7.09. The molecule has 0 aliphatic carbocycles. The van der Waals surface area contributed by atoms with E-state index in [1.807, 2.05) is 38.1 Å². The van der Waals surface area contributed by atoms with Gasteiger partial charge < -0.3 is 14.4 Å². The van der Waals surface area contributed by atoms with Gasteiger partial charge in [0.25, 0.3) is 10.2 Å². The third-order valence-electron chi connectivity index (χ3n) is 5.12. The summed E-state index contributed by atoms with van der Waals surface area (Å²) in [5.41, 5.74) is 0.885. The van der Waals surface area contributed by atoms with E-state index < -0.39 is 10.2 Å². The molecule has 2 saturated heterocycles. The number of hydrogen-bond acceptors (Lipinski definition) is 5. The van der Waals surface area contributed by atoms with Gasteiger partial charge in [-0.3, -0.25) is 4.79 Å². The molecule has 0 saturated carbocycles. The van der Waals surface area contributed by atoms with Crippen LogP contribution in [0.3, 0.4) is 0 Å². The van der Waals surface area contributed by atoms with Crippen molar-refractivity contribution in [3.05, 3.63) is 29.8 Å². The fourth-order valence-electron chi connectivity index (χ4n) is 3.72. The SMILES string of the molecule is COc1cccc(CC(=O)N2CCN(S(=O)(=O)N3CC(C)OC(C)C3)CC2)c1. The van der Waals surface area contributed by atoms with Crippen LogP contribution in [0.2, 0.25) is 0 Å². The number of rotatable bonds is 5. The Bertz CT molecular complexity index is 783. The van der Waals surface area contributed by atoms with Gasteiger partial charge in [0.1, 0.15) is 5.75 Å². The number of morpholine rings is 1. The zero-order valence-electron chi connectivity index (χ0n) is 16.7. The van der Waals surface area contributed by atoms with Crippen molar-refractivity contribution >= 4 is 16.1 Å². The quantitative estimate of drug-likeness (QED) is 0.714. The standard InChI is InChI=1S/C19H29N3O5S/c1-15-13-22(14-16(2)27-15)28(24,25)21-9-7-20(8-10-21)19(23)12-17-5-4-6-18(11-17)26-3/h4-6,11,15-16H,7-10,12-14H2,1-3H3. The van der Waals surface area contributed by atoms with E-state index in [1.54, 1.807) is 12.0 Å². The molecule has 0 spiro atoms. The Morgan fingerprint density at radius 1 is 1.11 bits per heavy atom. The van der Waals surface area contributed by atoms with Crippen LogP contribution in [-0.4, -0.2) is 86.4 Å². The highest BCUT2D eigenvalue weighted by Crippen LogP contribution is 2.19. The molecule has 156 valence electrons. The highest BCUT2D eigenvalue weighted by molar-refractivity contribution is 7.86. The normalized spacial score (nSPS) is 24.9. The molecule has 2 aliphatic heterocycles. The number of carbonyl (C=O) groups excluding carboxylic acids is 1. The second-order valence-electron chi connectivity index (χ2n) is 7.39. The highest BCUT2D eigenvalue weighted by Gasteiger charge is 2.37. The number of methoxy groups -OCH3 is 1. The number of amides is 1. The van der Waals surface area contributed by atoms with E-state index in [-0.39, 0.29) is 24.5 Å². The monoisotopic (exact) mass is 411 g/mol. The third kappa shape index (κ3) is 4.83. The molecule has 2 heterocycles. The first kappa shape index (κ1) is 21.0. The van der Waals surface area contributed by atoms with Crippen molar-refractivity contribution < 1.29 is 22.7 Å². The minimum atomic E-state index is -3.54. The van der Waals surface area contributed by atoms with Crippen LogP contribution in [0.25, 0.3) is 0 Å². The molecule has 28 heavy (non-hydrogen) atoms. The molecule has 2 unspecified atom stereocenters. The number of nitrogens with zero attached hydrogens (tertiary/aromatic N) is 3. The molecule has 0 radical (unpaired) electrons. The van der Waals surface area contributed by atoms with E-state index in [9.17, 15) is 13.2 Å². The molecule has 2 atom stereocenters. The van der Waals surface area contributed by atoms with Crippen molar-refractivity contribution in [2.75, 3.05) is 46.4 Å². The summed E-state index contributed by atoms with van der Waals surface area (Å²) in [5, 5.41) is 0. The lowest BCUT2D eigenvalue weighted by molar-refractivity contribution is -0.131. The van der Waals surface area contributed by atoms with Crippen molar-refractivity contribution in [3.8, 4) is 5.75 Å². The van der Waals surface area contributed by atoms with Gasteiger partial charge in [-0.2, -0.15) is 17.0 Å². The van der Waals surface area contributed by atoms with E-state index in [1.165, 1.54) is 8.61 Å². The van der Waals surface area contributed by atoms with Crippen LogP contribution < -0.4 is 4.74 Å². The molecule has 9 heteroatoms. The van der Waals surface area contributed by atoms with Gasteiger partial charge >= 0.3 is 0 Å². The minimum Gasteiger partial charge on any atom is -0.497 e. The lowest BCUT2D eigenvalue weighted by Crippen LogP contribution is -2.57. The predicted octanol–water partition coefficient (Wildman–Crippen LogP) is 0.736. The summed E-state index contributed by atoms with van der Waals surface area (Å²) in [6, 6.07) is 7.43. The fraction of sp³-hybridized carbons (Fsp3) is 0.632. The van der Waals surface area contributed by atoms with Gasteiger partial charge in [-0.15, -0.1) is 0 Å². The molecule has 0 bridgehead atoms. The Balaban J connectivity index is 1.56. The van der Waals surface area contributed by atoms with Crippen LogP contribution in [0.5, 0.6) is 5.75 Å². The Morgan fingerprint density at radius 3 is 2.36 bits per heavy atom. The molecule has 1 aromatic rings. The molecule has 0 aromatic heterocycles. The zero-order chi connectivity index (χ0) is 20.3. The summed E-state index contributed by atoms with van der Waals surface area (Å²) >= 11 is 0. The van der Waals surface area contributed by atoms with Crippen LogP contribution in [0.15, 0.2) is 24.3 Å².